The topological polar surface area (TPSA) is 72.3 Å². The van der Waals surface area contributed by atoms with Crippen molar-refractivity contribution in [3.8, 4) is 0 Å². The van der Waals surface area contributed by atoms with Crippen molar-refractivity contribution in [3.05, 3.63) is 59.7 Å². The lowest BCUT2D eigenvalue weighted by molar-refractivity contribution is -0.137. The molecule has 2 heterocycles. The van der Waals surface area contributed by atoms with Crippen molar-refractivity contribution in [1.29, 1.82) is 0 Å². The fraction of sp³-hybridized carbons (Fsp3) is 0.381. The molecule has 0 spiro atoms. The van der Waals surface area contributed by atoms with Crippen molar-refractivity contribution in [2.45, 2.75) is 18.8 Å². The van der Waals surface area contributed by atoms with Crippen LogP contribution in [0.15, 0.2) is 48.5 Å². The summed E-state index contributed by atoms with van der Waals surface area (Å²) in [6.45, 7) is 2.61. The van der Waals surface area contributed by atoms with Gasteiger partial charge in [-0.2, -0.15) is 13.2 Å². The number of aromatic nitrogens is 3. The van der Waals surface area contributed by atoms with E-state index in [-0.39, 0.29) is 25.0 Å². The first kappa shape index (κ1) is 21.3. The molecule has 1 aliphatic heterocycles. The summed E-state index contributed by atoms with van der Waals surface area (Å²) >= 11 is 0. The molecule has 1 saturated heterocycles. The number of carbonyl (C=O) groups is 1. The van der Waals surface area contributed by atoms with E-state index >= 15 is 0 Å². The quantitative estimate of drug-likeness (QED) is 0.647. The summed E-state index contributed by atoms with van der Waals surface area (Å²) in [7, 11) is 0. The van der Waals surface area contributed by atoms with Gasteiger partial charge >= 0.3 is 6.18 Å². The number of halogens is 3. The number of benzene rings is 2. The molecule has 0 saturated carbocycles. The third kappa shape index (κ3) is 5.02. The largest absolute Gasteiger partial charge is 0.416 e. The number of morpholine rings is 1. The number of hydrogen-bond acceptors (Lipinski definition) is 5. The molecule has 2 aromatic carbocycles. The predicted molar refractivity (Wildman–Crippen MR) is 107 cm³/mol. The summed E-state index contributed by atoms with van der Waals surface area (Å²) in [5.41, 5.74) is 1.47. The Morgan fingerprint density at radius 3 is 2.52 bits per heavy atom. The Hall–Kier alpha value is -2.98. The van der Waals surface area contributed by atoms with Crippen LogP contribution >= 0.6 is 0 Å². The SMILES string of the molecule is O=C(Cn1nnc2ccccc21)NCC(c1ccc(C(F)(F)F)cc1)N1CCOCC1. The van der Waals surface area contributed by atoms with E-state index in [1.807, 2.05) is 24.3 Å². The number of para-hydroxylation sites is 1. The number of amides is 1. The van der Waals surface area contributed by atoms with E-state index < -0.39 is 11.7 Å². The van der Waals surface area contributed by atoms with Gasteiger partial charge in [-0.1, -0.05) is 29.5 Å². The summed E-state index contributed by atoms with van der Waals surface area (Å²) in [6, 6.07) is 12.2. The van der Waals surface area contributed by atoms with E-state index in [1.165, 1.54) is 16.8 Å². The first-order chi connectivity index (χ1) is 14.9. The van der Waals surface area contributed by atoms with Crippen LogP contribution in [0.2, 0.25) is 0 Å². The summed E-state index contributed by atoms with van der Waals surface area (Å²) < 4.78 is 45.7. The summed E-state index contributed by atoms with van der Waals surface area (Å²) in [5, 5.41) is 10.9. The van der Waals surface area contributed by atoms with E-state index in [9.17, 15) is 18.0 Å². The molecule has 0 radical (unpaired) electrons. The second-order valence-corrected chi connectivity index (χ2v) is 7.32. The number of ether oxygens (including phenoxy) is 1. The van der Waals surface area contributed by atoms with Gasteiger partial charge in [-0.05, 0) is 29.8 Å². The van der Waals surface area contributed by atoms with Crippen LogP contribution in [0.25, 0.3) is 11.0 Å². The van der Waals surface area contributed by atoms with Crippen LogP contribution in [-0.2, 0) is 22.3 Å². The Morgan fingerprint density at radius 1 is 1.10 bits per heavy atom. The molecule has 4 rings (SSSR count). The summed E-state index contributed by atoms with van der Waals surface area (Å²) in [6.07, 6.45) is -4.39. The smallest absolute Gasteiger partial charge is 0.379 e. The first-order valence-corrected chi connectivity index (χ1v) is 9.96. The molecule has 1 fully saturated rings. The van der Waals surface area contributed by atoms with Crippen LogP contribution < -0.4 is 5.32 Å². The predicted octanol–water partition coefficient (Wildman–Crippen LogP) is 2.64. The maximum atomic E-state index is 12.9. The number of alkyl halides is 3. The lowest BCUT2D eigenvalue weighted by atomic mass is 10.0. The Bertz CT molecular complexity index is 1030. The molecule has 0 aliphatic carbocycles. The molecular weight excluding hydrogens is 411 g/mol. The molecule has 1 amide bonds. The minimum Gasteiger partial charge on any atom is -0.379 e. The van der Waals surface area contributed by atoms with Gasteiger partial charge in [-0.3, -0.25) is 9.69 Å². The van der Waals surface area contributed by atoms with Gasteiger partial charge in [0, 0.05) is 19.6 Å². The zero-order chi connectivity index (χ0) is 21.8. The zero-order valence-electron chi connectivity index (χ0n) is 16.7. The van der Waals surface area contributed by atoms with E-state index in [0.717, 1.165) is 17.6 Å². The maximum absolute atomic E-state index is 12.9. The zero-order valence-corrected chi connectivity index (χ0v) is 16.7. The van der Waals surface area contributed by atoms with E-state index in [4.69, 9.17) is 4.74 Å². The molecule has 3 aromatic rings. The fourth-order valence-corrected chi connectivity index (χ4v) is 3.68. The monoisotopic (exact) mass is 433 g/mol. The van der Waals surface area contributed by atoms with Crippen LogP contribution in [0, 0.1) is 0 Å². The van der Waals surface area contributed by atoms with Crippen molar-refractivity contribution in [2.75, 3.05) is 32.8 Å². The van der Waals surface area contributed by atoms with Crippen LogP contribution in [0.4, 0.5) is 13.2 Å². The van der Waals surface area contributed by atoms with Crippen LogP contribution in [0.5, 0.6) is 0 Å². The molecular formula is C21H22F3N5O2. The second kappa shape index (κ2) is 9.03. The Morgan fingerprint density at radius 2 is 1.81 bits per heavy atom. The van der Waals surface area contributed by atoms with Crippen molar-refractivity contribution in [3.63, 3.8) is 0 Å². The highest BCUT2D eigenvalue weighted by atomic mass is 19.4. The average Bonchev–Trinajstić information content (AvgIpc) is 3.17. The third-order valence-corrected chi connectivity index (χ3v) is 5.32. The minimum atomic E-state index is -4.39. The standard InChI is InChI=1S/C21H22F3N5O2/c22-21(23,24)16-7-5-15(6-8-16)19(28-9-11-31-12-10-28)13-25-20(30)14-29-18-4-2-1-3-17(18)26-27-29/h1-8,19H,9-14H2,(H,25,30). The average molecular weight is 433 g/mol. The van der Waals surface area contributed by atoms with Crippen LogP contribution in [0.1, 0.15) is 17.2 Å². The molecule has 1 aromatic heterocycles. The molecule has 1 aliphatic rings. The molecule has 31 heavy (non-hydrogen) atoms. The Kier molecular flexibility index (Phi) is 6.19. The lowest BCUT2D eigenvalue weighted by Crippen LogP contribution is -2.44. The highest BCUT2D eigenvalue weighted by molar-refractivity contribution is 5.79. The molecule has 164 valence electrons. The minimum absolute atomic E-state index is 0.00333. The van der Waals surface area contributed by atoms with Crippen molar-refractivity contribution < 1.29 is 22.7 Å². The fourth-order valence-electron chi connectivity index (χ4n) is 3.68. The Balaban J connectivity index is 1.46. The molecule has 1 atom stereocenters. The summed E-state index contributed by atoms with van der Waals surface area (Å²) in [5.74, 6) is -0.249. The van der Waals surface area contributed by atoms with E-state index in [2.05, 4.69) is 20.5 Å². The van der Waals surface area contributed by atoms with Crippen LogP contribution in [-0.4, -0.2) is 58.6 Å². The normalized spacial score (nSPS) is 16.4. The van der Waals surface area contributed by atoms with Gasteiger partial charge in [0.2, 0.25) is 5.91 Å². The Labute approximate surface area is 176 Å². The first-order valence-electron chi connectivity index (χ1n) is 9.96. The van der Waals surface area contributed by atoms with Gasteiger partial charge in [0.25, 0.3) is 0 Å². The molecule has 10 heteroatoms. The number of nitrogens with zero attached hydrogens (tertiary/aromatic N) is 4. The van der Waals surface area contributed by atoms with Gasteiger partial charge < -0.3 is 10.1 Å². The van der Waals surface area contributed by atoms with Crippen LogP contribution in [0.3, 0.4) is 0 Å². The van der Waals surface area contributed by atoms with Gasteiger partial charge in [0.1, 0.15) is 12.1 Å². The van der Waals surface area contributed by atoms with Crippen molar-refractivity contribution >= 4 is 16.9 Å². The number of nitrogens with one attached hydrogen (secondary N) is 1. The van der Waals surface area contributed by atoms with E-state index in [1.54, 1.807) is 0 Å². The molecule has 0 bridgehead atoms. The molecule has 1 N–H and O–H groups in total. The van der Waals surface area contributed by atoms with E-state index in [0.29, 0.717) is 37.4 Å². The van der Waals surface area contributed by atoms with Crippen molar-refractivity contribution in [2.24, 2.45) is 0 Å². The van der Waals surface area contributed by atoms with Gasteiger partial charge in [0.15, 0.2) is 0 Å². The van der Waals surface area contributed by atoms with Gasteiger partial charge in [0.05, 0.1) is 30.3 Å². The van der Waals surface area contributed by atoms with Gasteiger partial charge in [-0.25, -0.2) is 4.68 Å². The lowest BCUT2D eigenvalue weighted by Gasteiger charge is -2.35. The number of hydrogen-bond donors (Lipinski definition) is 1. The number of carbonyl (C=O) groups excluding carboxylic acids is 1. The highest BCUT2D eigenvalue weighted by Gasteiger charge is 2.31. The number of rotatable bonds is 6. The maximum Gasteiger partial charge on any atom is 0.416 e. The second-order valence-electron chi connectivity index (χ2n) is 7.32. The molecule has 7 nitrogen and oxygen atoms in total. The third-order valence-electron chi connectivity index (χ3n) is 5.32. The molecule has 1 unspecified atom stereocenters. The van der Waals surface area contributed by atoms with Crippen molar-refractivity contribution in [1.82, 2.24) is 25.2 Å². The highest BCUT2D eigenvalue weighted by Crippen LogP contribution is 2.31. The van der Waals surface area contributed by atoms with Gasteiger partial charge in [-0.15, -0.1) is 5.10 Å². The summed E-state index contributed by atoms with van der Waals surface area (Å²) in [4.78, 5) is 14.7. The number of fused-ring (bicyclic) bond motifs is 1.